The molecule has 8 aromatic carbocycles. The van der Waals surface area contributed by atoms with Gasteiger partial charge in [0.25, 0.3) is 0 Å². The van der Waals surface area contributed by atoms with Gasteiger partial charge in [-0.05, 0) is 40.5 Å². The van der Waals surface area contributed by atoms with Crippen molar-refractivity contribution in [1.82, 2.24) is 19.9 Å². The number of hydrogen-bond acceptors (Lipinski definition) is 5. The minimum Gasteiger partial charge on any atom is -0.228 e. The lowest BCUT2D eigenvalue weighted by Crippen LogP contribution is -1.95. The van der Waals surface area contributed by atoms with Crippen molar-refractivity contribution in [3.05, 3.63) is 218 Å². The summed E-state index contributed by atoms with van der Waals surface area (Å²) >= 11 is 1.85. The highest BCUT2D eigenvalue weighted by atomic mass is 32.1. The molecule has 4 nitrogen and oxygen atoms in total. The molecule has 0 aliphatic carbocycles. The van der Waals surface area contributed by atoms with Crippen molar-refractivity contribution in [1.29, 1.82) is 0 Å². The van der Waals surface area contributed by atoms with Crippen molar-refractivity contribution < 1.29 is 0 Å². The van der Waals surface area contributed by atoms with Crippen LogP contribution >= 0.6 is 11.3 Å². The predicted octanol–water partition coefficient (Wildman–Crippen LogP) is 15.0. The average molecular weight is 797 g/mol. The van der Waals surface area contributed by atoms with Gasteiger partial charge in [0.05, 0.1) is 22.8 Å². The van der Waals surface area contributed by atoms with Crippen molar-refractivity contribution in [3.8, 4) is 90.1 Å². The highest BCUT2D eigenvalue weighted by molar-refractivity contribution is 7.26. The number of thiophene rings is 1. The van der Waals surface area contributed by atoms with Gasteiger partial charge in [0.2, 0.25) is 0 Å². The molecule has 0 amide bonds. The first kappa shape index (κ1) is 36.2. The molecule has 286 valence electrons. The molecule has 0 aliphatic heterocycles. The Kier molecular flexibility index (Phi) is 9.34. The van der Waals surface area contributed by atoms with Gasteiger partial charge in [0, 0.05) is 53.6 Å². The highest BCUT2D eigenvalue weighted by Gasteiger charge is 2.15. The number of rotatable bonds is 8. The Morgan fingerprint density at radius 2 is 0.656 bits per heavy atom. The molecule has 0 atom stereocenters. The van der Waals surface area contributed by atoms with E-state index in [1.54, 1.807) is 0 Å². The third-order valence-corrected chi connectivity index (χ3v) is 12.4. The van der Waals surface area contributed by atoms with Gasteiger partial charge in [0.15, 0.2) is 11.6 Å². The number of fused-ring (bicyclic) bond motifs is 3. The molecule has 11 rings (SSSR count). The summed E-state index contributed by atoms with van der Waals surface area (Å²) in [7, 11) is 0. The zero-order valence-corrected chi connectivity index (χ0v) is 33.8. The van der Waals surface area contributed by atoms with Crippen LogP contribution in [0.5, 0.6) is 0 Å². The first-order valence-corrected chi connectivity index (χ1v) is 21.2. The lowest BCUT2D eigenvalue weighted by molar-refractivity contribution is 1.18. The summed E-state index contributed by atoms with van der Waals surface area (Å²) in [6.45, 7) is 0. The molecule has 11 aromatic rings. The van der Waals surface area contributed by atoms with E-state index in [1.165, 1.54) is 36.9 Å². The Hall–Kier alpha value is -7.86. The van der Waals surface area contributed by atoms with E-state index in [9.17, 15) is 0 Å². The fourth-order valence-corrected chi connectivity index (χ4v) is 9.27. The maximum Gasteiger partial charge on any atom is 0.160 e. The smallest absolute Gasteiger partial charge is 0.160 e. The summed E-state index contributed by atoms with van der Waals surface area (Å²) in [4.78, 5) is 20.0. The molecule has 3 heterocycles. The van der Waals surface area contributed by atoms with E-state index >= 15 is 0 Å². The third kappa shape index (κ3) is 7.18. The monoisotopic (exact) mass is 796 g/mol. The molecule has 0 saturated heterocycles. The lowest BCUT2D eigenvalue weighted by Gasteiger charge is -2.10. The first-order chi connectivity index (χ1) is 30.2. The molecule has 0 bridgehead atoms. The van der Waals surface area contributed by atoms with Gasteiger partial charge >= 0.3 is 0 Å². The number of hydrogen-bond donors (Lipinski definition) is 0. The standard InChI is InChI=1S/C56H36N4S/c1-5-14-39(15-6-1)49-35-51(59-55(57-49)43-18-9-3-10-19-43)41-28-24-37(25-29-41)45-32-33-47-48-23-13-22-46(54(48)61-53(47)34-45)38-26-30-42(31-27-38)52-36-50(40-16-7-2-8-17-40)58-56(60-52)44-20-11-4-12-21-44/h1-36H. The van der Waals surface area contributed by atoms with Crippen LogP contribution in [0.4, 0.5) is 0 Å². The Balaban J connectivity index is 0.908. The largest absolute Gasteiger partial charge is 0.228 e. The molecule has 0 spiro atoms. The van der Waals surface area contributed by atoms with Gasteiger partial charge in [-0.25, -0.2) is 19.9 Å². The molecule has 0 N–H and O–H groups in total. The molecular formula is C56H36N4S. The SMILES string of the molecule is c1ccc(-c2cc(-c3ccc(-c4ccc5c(c4)sc4c(-c6ccc(-c7cc(-c8ccccc8)nc(-c8ccccc8)n7)cc6)cccc45)cc3)nc(-c3ccccc3)n2)cc1. The number of aromatic nitrogens is 4. The molecule has 61 heavy (non-hydrogen) atoms. The summed E-state index contributed by atoms with van der Waals surface area (Å²) in [5.41, 5.74) is 14.5. The molecule has 3 aromatic heterocycles. The van der Waals surface area contributed by atoms with Crippen LogP contribution in [-0.2, 0) is 0 Å². The van der Waals surface area contributed by atoms with Crippen molar-refractivity contribution in [2.75, 3.05) is 0 Å². The Bertz CT molecular complexity index is 3200. The van der Waals surface area contributed by atoms with E-state index in [1.807, 2.05) is 84.1 Å². The van der Waals surface area contributed by atoms with Crippen LogP contribution in [0.3, 0.4) is 0 Å². The maximum atomic E-state index is 5.05. The molecular weight excluding hydrogens is 761 g/mol. The van der Waals surface area contributed by atoms with Gasteiger partial charge < -0.3 is 0 Å². The molecule has 0 unspecified atom stereocenters. The first-order valence-electron chi connectivity index (χ1n) is 20.4. The zero-order chi connectivity index (χ0) is 40.5. The van der Waals surface area contributed by atoms with Crippen LogP contribution in [0.2, 0.25) is 0 Å². The summed E-state index contributed by atoms with van der Waals surface area (Å²) in [5.74, 6) is 1.43. The maximum absolute atomic E-state index is 5.05. The quantitative estimate of drug-likeness (QED) is 0.154. The minimum absolute atomic E-state index is 0.715. The Labute approximate surface area is 358 Å². The minimum atomic E-state index is 0.715. The van der Waals surface area contributed by atoms with Crippen LogP contribution in [0.15, 0.2) is 218 Å². The number of benzene rings is 8. The fraction of sp³-hybridized carbons (Fsp3) is 0. The van der Waals surface area contributed by atoms with Gasteiger partial charge in [-0.3, -0.25) is 0 Å². The zero-order valence-electron chi connectivity index (χ0n) is 33.0. The predicted molar refractivity (Wildman–Crippen MR) is 254 cm³/mol. The summed E-state index contributed by atoms with van der Waals surface area (Å²) in [6.07, 6.45) is 0. The second-order valence-corrected chi connectivity index (χ2v) is 16.1. The second-order valence-electron chi connectivity index (χ2n) is 15.0. The Morgan fingerprint density at radius 1 is 0.262 bits per heavy atom. The second kappa shape index (κ2) is 15.7. The van der Waals surface area contributed by atoms with Gasteiger partial charge in [-0.1, -0.05) is 200 Å². The van der Waals surface area contributed by atoms with E-state index in [-0.39, 0.29) is 0 Å². The molecule has 0 saturated carbocycles. The topological polar surface area (TPSA) is 51.6 Å². The van der Waals surface area contributed by atoms with Crippen molar-refractivity contribution in [2.24, 2.45) is 0 Å². The van der Waals surface area contributed by atoms with E-state index in [0.717, 1.165) is 61.7 Å². The van der Waals surface area contributed by atoms with Gasteiger partial charge in [-0.2, -0.15) is 0 Å². The van der Waals surface area contributed by atoms with E-state index in [2.05, 4.69) is 146 Å². The summed E-state index contributed by atoms with van der Waals surface area (Å²) < 4.78 is 2.55. The van der Waals surface area contributed by atoms with E-state index in [0.29, 0.717) is 11.6 Å². The highest BCUT2D eigenvalue weighted by Crippen LogP contribution is 2.42. The van der Waals surface area contributed by atoms with Crippen LogP contribution in [0.1, 0.15) is 0 Å². The normalized spacial score (nSPS) is 11.3. The van der Waals surface area contributed by atoms with Crippen molar-refractivity contribution in [3.63, 3.8) is 0 Å². The fourth-order valence-electron chi connectivity index (χ4n) is 8.00. The van der Waals surface area contributed by atoms with Crippen LogP contribution < -0.4 is 0 Å². The molecule has 5 heteroatoms. The molecule has 0 radical (unpaired) electrons. The molecule has 0 fully saturated rings. The van der Waals surface area contributed by atoms with E-state index < -0.39 is 0 Å². The van der Waals surface area contributed by atoms with Gasteiger partial charge in [-0.15, -0.1) is 11.3 Å². The lowest BCUT2D eigenvalue weighted by atomic mass is 9.99. The Morgan fingerprint density at radius 3 is 1.13 bits per heavy atom. The van der Waals surface area contributed by atoms with Crippen molar-refractivity contribution in [2.45, 2.75) is 0 Å². The molecule has 0 aliphatic rings. The summed E-state index contributed by atoms with van der Waals surface area (Å²) in [5, 5.41) is 2.54. The third-order valence-electron chi connectivity index (χ3n) is 11.2. The van der Waals surface area contributed by atoms with Crippen LogP contribution in [0.25, 0.3) is 110 Å². The van der Waals surface area contributed by atoms with Crippen LogP contribution in [0, 0.1) is 0 Å². The van der Waals surface area contributed by atoms with Crippen LogP contribution in [-0.4, -0.2) is 19.9 Å². The number of nitrogens with zero attached hydrogens (tertiary/aromatic N) is 4. The van der Waals surface area contributed by atoms with E-state index in [4.69, 9.17) is 19.9 Å². The van der Waals surface area contributed by atoms with Crippen molar-refractivity contribution >= 4 is 31.5 Å². The van der Waals surface area contributed by atoms with Gasteiger partial charge in [0.1, 0.15) is 0 Å². The summed E-state index contributed by atoms with van der Waals surface area (Å²) in [6, 6.07) is 76.2. The average Bonchev–Trinajstić information content (AvgIpc) is 3.73.